The first-order valence-corrected chi connectivity index (χ1v) is 26.5. The predicted molar refractivity (Wildman–Crippen MR) is 290 cm³/mol. The molecule has 1 saturated heterocycles. The molecule has 3 saturated carbocycles. The van der Waals surface area contributed by atoms with Crippen LogP contribution in [0.25, 0.3) is 22.3 Å². The number of nitrogens with two attached hydrogens (primary N) is 2. The summed E-state index contributed by atoms with van der Waals surface area (Å²) < 4.78 is 24.4. The van der Waals surface area contributed by atoms with E-state index >= 15 is 0 Å². The van der Waals surface area contributed by atoms with Crippen molar-refractivity contribution in [3.8, 4) is 33.8 Å². The highest BCUT2D eigenvalue weighted by molar-refractivity contribution is 6.47. The molecule has 17 nitrogen and oxygen atoms in total. The number of fused-ring (bicyclic) bond motifs is 5. The number of unbranched alkanes of at least 4 members (excludes halogenated alkanes) is 1. The van der Waals surface area contributed by atoms with Crippen molar-refractivity contribution in [1.82, 2.24) is 31.7 Å². The number of rotatable bonds is 18. The second-order valence-electron chi connectivity index (χ2n) is 21.1. The van der Waals surface area contributed by atoms with Crippen molar-refractivity contribution in [3.63, 3.8) is 0 Å². The quantitative estimate of drug-likeness (QED) is 0.0376. The van der Waals surface area contributed by atoms with Crippen LogP contribution in [0.15, 0.2) is 84.9 Å². The van der Waals surface area contributed by atoms with Crippen LogP contribution in [0.1, 0.15) is 107 Å². The number of ether oxygens (including phenoxy) is 2. The summed E-state index contributed by atoms with van der Waals surface area (Å²) in [5, 5.41) is 12.3. The van der Waals surface area contributed by atoms with Crippen molar-refractivity contribution in [1.29, 1.82) is 0 Å². The normalized spacial score (nSPS) is 23.8. The van der Waals surface area contributed by atoms with Gasteiger partial charge in [-0.25, -0.2) is 5.43 Å². The first-order chi connectivity index (χ1) is 35.9. The minimum Gasteiger partial charge on any atom is -0.492 e. The lowest BCUT2D eigenvalue weighted by Crippen LogP contribution is -2.65. The number of hydrogen-bond donors (Lipinski definition) is 7. The lowest BCUT2D eigenvalue weighted by molar-refractivity contribution is -0.199. The molecule has 6 bridgehead atoms. The van der Waals surface area contributed by atoms with Gasteiger partial charge in [-0.15, -0.1) is 0 Å². The molecule has 8 atom stereocenters. The van der Waals surface area contributed by atoms with E-state index < -0.39 is 36.3 Å². The van der Waals surface area contributed by atoms with E-state index in [-0.39, 0.29) is 63.0 Å². The number of hydrogen-bond acceptors (Lipinski definition) is 12. The van der Waals surface area contributed by atoms with Gasteiger partial charge < -0.3 is 51.5 Å². The Morgan fingerprint density at radius 3 is 2.13 bits per heavy atom. The second-order valence-corrected chi connectivity index (χ2v) is 21.1. The van der Waals surface area contributed by atoms with E-state index in [0.29, 0.717) is 57.9 Å². The number of carbonyl (C=O) groups excluding carboxylic acids is 5. The molecule has 9 rings (SSSR count). The Labute approximate surface area is 442 Å². The maximum absolute atomic E-state index is 14.2. The van der Waals surface area contributed by atoms with Crippen LogP contribution in [-0.4, -0.2) is 112 Å². The number of amides is 5. The zero-order valence-corrected chi connectivity index (χ0v) is 44.8. The number of carbonyl (C=O) groups is 5. The third-order valence-corrected chi connectivity index (χ3v) is 15.5. The van der Waals surface area contributed by atoms with E-state index in [1.165, 1.54) is 19.0 Å². The third kappa shape index (κ3) is 12.9. The van der Waals surface area contributed by atoms with Crippen molar-refractivity contribution >= 4 is 37.2 Å². The third-order valence-electron chi connectivity index (χ3n) is 15.5. The summed E-state index contributed by atoms with van der Waals surface area (Å²) in [7, 11) is 1.20. The van der Waals surface area contributed by atoms with Crippen molar-refractivity contribution < 1.29 is 42.8 Å². The summed E-state index contributed by atoms with van der Waals surface area (Å²) in [5.41, 5.74) is 20.9. The van der Waals surface area contributed by atoms with Crippen LogP contribution in [0, 0.1) is 17.3 Å². The molecular weight excluding hydrogens is 951 g/mol. The summed E-state index contributed by atoms with van der Waals surface area (Å²) in [4.78, 5) is 65.3. The first kappa shape index (κ1) is 56.4. The Hall–Kier alpha value is -6.31. The van der Waals surface area contributed by atoms with Gasteiger partial charge in [-0.3, -0.25) is 29.0 Å². The monoisotopic (exact) mass is 1030 g/mol. The molecule has 75 heavy (non-hydrogen) atoms. The average Bonchev–Trinajstić information content (AvgIpc) is 3.83. The van der Waals surface area contributed by atoms with Crippen LogP contribution < -0.4 is 47.6 Å². The maximum atomic E-state index is 14.2. The molecule has 2 heterocycles. The van der Waals surface area contributed by atoms with Gasteiger partial charge in [-0.05, 0) is 141 Å². The van der Waals surface area contributed by atoms with E-state index in [4.69, 9.17) is 30.2 Å². The molecule has 2 aliphatic heterocycles. The molecule has 3 aliphatic carbocycles. The second kappa shape index (κ2) is 25.0. The molecule has 9 N–H and O–H groups in total. The molecule has 5 unspecified atom stereocenters. The number of benzene rings is 4. The number of aryl methyl sites for hydroxylation is 1. The van der Waals surface area contributed by atoms with E-state index in [1.54, 1.807) is 37.3 Å². The molecule has 5 amide bonds. The van der Waals surface area contributed by atoms with Gasteiger partial charge in [0.2, 0.25) is 18.2 Å². The maximum Gasteiger partial charge on any atom is 0.481 e. The van der Waals surface area contributed by atoms with E-state index in [1.807, 2.05) is 44.2 Å². The zero-order valence-electron chi connectivity index (χ0n) is 44.8. The Kier molecular flexibility index (Phi) is 18.8. The molecule has 0 spiro atoms. The molecule has 0 aromatic heterocycles. The molecule has 5 aliphatic rings. The fraction of sp³-hybridized carbons (Fsp3) is 0.491. The van der Waals surface area contributed by atoms with Gasteiger partial charge in [0.05, 0.1) is 24.2 Å². The number of hydrazine groups is 1. The summed E-state index contributed by atoms with van der Waals surface area (Å²) in [6.07, 6.45) is 7.07. The fourth-order valence-corrected chi connectivity index (χ4v) is 11.1. The average molecular weight is 1030 g/mol. The number of nitrogens with zero attached hydrogens (tertiary/aromatic N) is 1. The Morgan fingerprint density at radius 2 is 1.52 bits per heavy atom. The van der Waals surface area contributed by atoms with E-state index in [0.717, 1.165) is 53.3 Å². The zero-order chi connectivity index (χ0) is 54.0. The molecule has 4 fully saturated rings. The van der Waals surface area contributed by atoms with Crippen molar-refractivity contribution in [2.24, 2.45) is 28.7 Å². The van der Waals surface area contributed by atoms with Gasteiger partial charge in [0, 0.05) is 42.9 Å². The highest BCUT2D eigenvalue weighted by Gasteiger charge is 2.68. The lowest BCUT2D eigenvalue weighted by Gasteiger charge is -2.64. The fourth-order valence-electron chi connectivity index (χ4n) is 11.1. The Bertz CT molecular complexity index is 2640. The molecular formula is C57H77BN8O9. The molecule has 0 radical (unpaired) electrons. The summed E-state index contributed by atoms with van der Waals surface area (Å²) in [6, 6.07) is 24.0. The van der Waals surface area contributed by atoms with E-state index in [2.05, 4.69) is 78.7 Å². The van der Waals surface area contributed by atoms with Crippen LogP contribution in [0.4, 0.5) is 0 Å². The van der Waals surface area contributed by atoms with Crippen LogP contribution in [-0.2, 0) is 41.3 Å². The number of nitrogens with one attached hydrogen (secondary N) is 5. The summed E-state index contributed by atoms with van der Waals surface area (Å²) in [5.74, 6) is 0.205. The highest BCUT2D eigenvalue weighted by atomic mass is 16.7. The van der Waals surface area contributed by atoms with Gasteiger partial charge in [0.1, 0.15) is 30.8 Å². The van der Waals surface area contributed by atoms with Crippen molar-refractivity contribution in [3.05, 3.63) is 107 Å². The van der Waals surface area contributed by atoms with Gasteiger partial charge in [0.15, 0.2) is 6.04 Å². The molecule has 4 aromatic carbocycles. The minimum absolute atomic E-state index is 0.0924. The van der Waals surface area contributed by atoms with Gasteiger partial charge in [-0.1, -0.05) is 75.7 Å². The van der Waals surface area contributed by atoms with Crippen LogP contribution >= 0.6 is 0 Å². The summed E-state index contributed by atoms with van der Waals surface area (Å²) in [6.45, 7) is 15.0. The van der Waals surface area contributed by atoms with Crippen molar-refractivity contribution in [2.45, 2.75) is 123 Å². The van der Waals surface area contributed by atoms with Gasteiger partial charge >= 0.3 is 7.12 Å². The molecule has 402 valence electrons. The first-order valence-electron chi connectivity index (χ1n) is 26.5. The van der Waals surface area contributed by atoms with Crippen LogP contribution in [0.5, 0.6) is 11.5 Å². The molecule has 18 heteroatoms. The predicted octanol–water partition coefficient (Wildman–Crippen LogP) is 5.43. The highest BCUT2D eigenvalue weighted by Crippen LogP contribution is 2.65. The van der Waals surface area contributed by atoms with Crippen LogP contribution in [0.2, 0.25) is 0 Å². The van der Waals surface area contributed by atoms with E-state index in [9.17, 15) is 24.0 Å². The van der Waals surface area contributed by atoms with Gasteiger partial charge in [-0.2, -0.15) is 0 Å². The molecule has 4 aromatic rings. The smallest absolute Gasteiger partial charge is 0.481 e. The Balaban J connectivity index is 0.000000379. The van der Waals surface area contributed by atoms with Gasteiger partial charge in [0.25, 0.3) is 11.8 Å². The summed E-state index contributed by atoms with van der Waals surface area (Å²) >= 11 is 0. The lowest BCUT2D eigenvalue weighted by atomic mass is 9.43. The van der Waals surface area contributed by atoms with Crippen LogP contribution in [0.3, 0.4) is 0 Å². The SMILES string of the molecule is CCCCc1ccc(-c2ccc(C(=O)NCC(=O)N(NC)C3C(=O)N[C@@H](C)C(=O)NC(C)Cc4ccc(OCCN)c(c4)-c4cc3ccc4OCCN)cc2)cc1.C[C@H](NC=O)B1OC2CC3CC(C3(C)C)[C@]2(C)O1. The topological polar surface area (TPSA) is 238 Å². The van der Waals surface area contributed by atoms with Crippen molar-refractivity contribution in [2.75, 3.05) is 39.9 Å². The minimum atomic E-state index is -1.29. The standard InChI is InChI=1S/C44H55N7O6.C13H22BNO3/c1-5-6-7-30-8-11-32(12-9-30)33-13-15-34(16-14-33)43(54)48-27-40(52)51(47-4)41-35-17-19-39(57-23-21-46)37(26-35)36-25-31(10-18-38(36)56-22-20-45)24-28(2)49-42(53)29(3)50-44(41)55;1-8(15-7-16)14-17-11-6-9-5-10(12(9,2)3)13(11,4)18-14/h8-19,25-26,28-29,41,47H,5-7,20-24,27,45-46H2,1-4H3,(H,48,54)(H,49,53)(H,50,55);7-11H,5-6H2,1-4H3,(H,15,16)/t28?,29-,41?;8-,9?,10?,11?,13-/m00/s1. The Morgan fingerprint density at radius 1 is 0.880 bits per heavy atom. The largest absolute Gasteiger partial charge is 0.492 e.